The van der Waals surface area contributed by atoms with Gasteiger partial charge in [-0.25, -0.2) is 0 Å². The summed E-state index contributed by atoms with van der Waals surface area (Å²) in [4.78, 5) is 17.0. The molecule has 23 heavy (non-hydrogen) atoms. The van der Waals surface area contributed by atoms with Crippen molar-refractivity contribution in [3.63, 3.8) is 0 Å². The molecule has 2 aliphatic rings. The molecule has 1 aromatic rings. The Hall–Kier alpha value is -0.810. The average Bonchev–Trinajstić information content (AvgIpc) is 2.58. The van der Waals surface area contributed by atoms with Crippen LogP contribution >= 0.6 is 23.2 Å². The van der Waals surface area contributed by atoms with E-state index in [0.717, 1.165) is 58.8 Å². The minimum atomic E-state index is 0.0494. The molecule has 0 saturated carbocycles. The Labute approximate surface area is 147 Å². The fraction of sp³-hybridized carbons (Fsp3) is 0.588. The first kappa shape index (κ1) is 17.0. The van der Waals surface area contributed by atoms with Crippen LogP contribution in [-0.2, 0) is 4.74 Å². The van der Waals surface area contributed by atoms with Gasteiger partial charge >= 0.3 is 0 Å². The van der Waals surface area contributed by atoms with Crippen molar-refractivity contribution >= 4 is 29.1 Å². The summed E-state index contributed by atoms with van der Waals surface area (Å²) in [5.74, 6) is 0.722. The molecule has 0 spiro atoms. The highest BCUT2D eigenvalue weighted by Crippen LogP contribution is 2.25. The first-order valence-corrected chi connectivity index (χ1v) is 8.93. The summed E-state index contributed by atoms with van der Waals surface area (Å²) in [5.41, 5.74) is 0.617. The van der Waals surface area contributed by atoms with Crippen LogP contribution in [0.5, 0.6) is 0 Å². The van der Waals surface area contributed by atoms with Crippen LogP contribution in [0.3, 0.4) is 0 Å². The van der Waals surface area contributed by atoms with Crippen LogP contribution in [0.4, 0.5) is 0 Å². The molecular formula is C17H22Cl2N2O2. The summed E-state index contributed by atoms with van der Waals surface area (Å²) in [5, 5.41) is 0.909. The van der Waals surface area contributed by atoms with E-state index in [0.29, 0.717) is 21.5 Å². The number of ether oxygens (including phenoxy) is 1. The van der Waals surface area contributed by atoms with Gasteiger partial charge in [0.25, 0.3) is 5.91 Å². The van der Waals surface area contributed by atoms with E-state index in [2.05, 4.69) is 4.90 Å². The van der Waals surface area contributed by atoms with E-state index in [-0.39, 0.29) is 5.91 Å². The maximum Gasteiger partial charge on any atom is 0.253 e. The van der Waals surface area contributed by atoms with Gasteiger partial charge in [-0.15, -0.1) is 0 Å². The van der Waals surface area contributed by atoms with Gasteiger partial charge in [0.15, 0.2) is 0 Å². The zero-order valence-corrected chi connectivity index (χ0v) is 14.7. The molecule has 0 unspecified atom stereocenters. The predicted octanol–water partition coefficient (Wildman–Crippen LogP) is 3.18. The summed E-state index contributed by atoms with van der Waals surface area (Å²) in [6.07, 6.45) is 2.12. The third-order valence-electron chi connectivity index (χ3n) is 4.69. The van der Waals surface area contributed by atoms with Crippen LogP contribution in [0.15, 0.2) is 18.2 Å². The van der Waals surface area contributed by atoms with E-state index in [1.807, 2.05) is 4.90 Å². The Morgan fingerprint density at radius 1 is 1.09 bits per heavy atom. The molecular weight excluding hydrogens is 335 g/mol. The third-order valence-corrected chi connectivity index (χ3v) is 5.43. The maximum atomic E-state index is 12.6. The molecule has 0 aliphatic carbocycles. The van der Waals surface area contributed by atoms with Gasteiger partial charge in [0.05, 0.1) is 23.3 Å². The van der Waals surface area contributed by atoms with Gasteiger partial charge in [-0.3, -0.25) is 9.69 Å². The van der Waals surface area contributed by atoms with Crippen LogP contribution in [-0.4, -0.2) is 61.6 Å². The minimum Gasteiger partial charge on any atom is -0.379 e. The molecule has 4 nitrogen and oxygen atoms in total. The minimum absolute atomic E-state index is 0.0494. The van der Waals surface area contributed by atoms with Crippen LogP contribution in [0.2, 0.25) is 10.0 Å². The largest absolute Gasteiger partial charge is 0.379 e. The van der Waals surface area contributed by atoms with E-state index in [1.165, 1.54) is 0 Å². The number of rotatable bonds is 3. The summed E-state index contributed by atoms with van der Waals surface area (Å²) < 4.78 is 5.39. The number of halogens is 2. The number of nitrogens with zero attached hydrogens (tertiary/aromatic N) is 2. The number of piperidine rings is 1. The normalized spacial score (nSPS) is 20.7. The highest BCUT2D eigenvalue weighted by Gasteiger charge is 2.25. The van der Waals surface area contributed by atoms with Gasteiger partial charge in [-0.05, 0) is 37.0 Å². The van der Waals surface area contributed by atoms with Crippen LogP contribution in [0.1, 0.15) is 23.2 Å². The maximum absolute atomic E-state index is 12.6. The average molecular weight is 357 g/mol. The SMILES string of the molecule is O=C(c1ccc(Cl)c(Cl)c1)N1CCC(CN2CCOCC2)CC1. The molecule has 0 aromatic heterocycles. The van der Waals surface area contributed by atoms with Crippen molar-refractivity contribution in [2.24, 2.45) is 5.92 Å². The number of likely N-dealkylation sites (tertiary alicyclic amines) is 1. The number of carbonyl (C=O) groups is 1. The van der Waals surface area contributed by atoms with Crippen molar-refractivity contribution in [2.75, 3.05) is 45.9 Å². The highest BCUT2D eigenvalue weighted by molar-refractivity contribution is 6.42. The molecule has 0 bridgehead atoms. The summed E-state index contributed by atoms with van der Waals surface area (Å²) >= 11 is 11.9. The summed E-state index contributed by atoms with van der Waals surface area (Å²) in [7, 11) is 0. The summed E-state index contributed by atoms with van der Waals surface area (Å²) in [6, 6.07) is 5.09. The van der Waals surface area contributed by atoms with E-state index in [4.69, 9.17) is 27.9 Å². The molecule has 126 valence electrons. The molecule has 3 rings (SSSR count). The van der Waals surface area contributed by atoms with E-state index in [1.54, 1.807) is 18.2 Å². The van der Waals surface area contributed by atoms with Crippen molar-refractivity contribution in [1.82, 2.24) is 9.80 Å². The Kier molecular flexibility index (Phi) is 5.81. The topological polar surface area (TPSA) is 32.8 Å². The Morgan fingerprint density at radius 2 is 1.78 bits per heavy atom. The molecule has 1 aromatic carbocycles. The van der Waals surface area contributed by atoms with E-state index in [9.17, 15) is 4.79 Å². The smallest absolute Gasteiger partial charge is 0.253 e. The lowest BCUT2D eigenvalue weighted by molar-refractivity contribution is 0.0243. The lowest BCUT2D eigenvalue weighted by Gasteiger charge is -2.36. The Morgan fingerprint density at radius 3 is 2.43 bits per heavy atom. The first-order valence-electron chi connectivity index (χ1n) is 8.18. The molecule has 0 atom stereocenters. The molecule has 2 aliphatic heterocycles. The second-order valence-corrected chi connectivity index (χ2v) is 7.09. The van der Waals surface area contributed by atoms with E-state index >= 15 is 0 Å². The number of morpholine rings is 1. The first-order chi connectivity index (χ1) is 11.1. The van der Waals surface area contributed by atoms with Crippen LogP contribution in [0, 0.1) is 5.92 Å². The molecule has 0 N–H and O–H groups in total. The summed E-state index contributed by atoms with van der Waals surface area (Å²) in [6.45, 7) is 6.49. The number of amides is 1. The molecule has 0 radical (unpaired) electrons. The third kappa shape index (κ3) is 4.38. The number of benzene rings is 1. The zero-order valence-electron chi connectivity index (χ0n) is 13.1. The Bertz CT molecular complexity index is 554. The van der Waals surface area contributed by atoms with Gasteiger partial charge < -0.3 is 9.64 Å². The molecule has 1 amide bonds. The monoisotopic (exact) mass is 356 g/mol. The second-order valence-electron chi connectivity index (χ2n) is 6.28. The van der Waals surface area contributed by atoms with Crippen molar-refractivity contribution < 1.29 is 9.53 Å². The van der Waals surface area contributed by atoms with Crippen molar-refractivity contribution in [1.29, 1.82) is 0 Å². The van der Waals surface area contributed by atoms with E-state index < -0.39 is 0 Å². The lowest BCUT2D eigenvalue weighted by atomic mass is 9.95. The quantitative estimate of drug-likeness (QED) is 0.833. The Balaban J connectivity index is 1.51. The number of carbonyl (C=O) groups excluding carboxylic acids is 1. The molecule has 2 saturated heterocycles. The van der Waals surface area contributed by atoms with Crippen LogP contribution in [0.25, 0.3) is 0 Å². The standard InChI is InChI=1S/C17H22Cl2N2O2/c18-15-2-1-14(11-16(15)19)17(22)21-5-3-13(4-6-21)12-20-7-9-23-10-8-20/h1-2,11,13H,3-10,12H2. The van der Waals surface area contributed by atoms with Crippen LogP contribution < -0.4 is 0 Å². The highest BCUT2D eigenvalue weighted by atomic mass is 35.5. The second kappa shape index (κ2) is 7.84. The van der Waals surface area contributed by atoms with Crippen molar-refractivity contribution in [3.05, 3.63) is 33.8 Å². The van der Waals surface area contributed by atoms with Crippen molar-refractivity contribution in [2.45, 2.75) is 12.8 Å². The fourth-order valence-electron chi connectivity index (χ4n) is 3.28. The number of hydrogen-bond donors (Lipinski definition) is 0. The zero-order chi connectivity index (χ0) is 16.2. The van der Waals surface area contributed by atoms with Gasteiger partial charge in [0, 0.05) is 38.3 Å². The molecule has 6 heteroatoms. The van der Waals surface area contributed by atoms with Gasteiger partial charge in [-0.1, -0.05) is 23.2 Å². The molecule has 2 fully saturated rings. The van der Waals surface area contributed by atoms with Gasteiger partial charge in [0.2, 0.25) is 0 Å². The number of hydrogen-bond acceptors (Lipinski definition) is 3. The lowest BCUT2D eigenvalue weighted by Crippen LogP contribution is -2.44. The molecule has 2 heterocycles. The fourth-order valence-corrected chi connectivity index (χ4v) is 3.58. The van der Waals surface area contributed by atoms with Gasteiger partial charge in [0.1, 0.15) is 0 Å². The predicted molar refractivity (Wildman–Crippen MR) is 92.3 cm³/mol. The van der Waals surface area contributed by atoms with Gasteiger partial charge in [-0.2, -0.15) is 0 Å². The van der Waals surface area contributed by atoms with Crippen molar-refractivity contribution in [3.8, 4) is 0 Å².